The van der Waals surface area contributed by atoms with Crippen LogP contribution < -0.4 is 5.32 Å². The summed E-state index contributed by atoms with van der Waals surface area (Å²) < 4.78 is 0. The molecule has 29 heavy (non-hydrogen) atoms. The molecule has 0 heterocycles. The molecule has 2 rings (SSSR count). The predicted molar refractivity (Wildman–Crippen MR) is 121 cm³/mol. The summed E-state index contributed by atoms with van der Waals surface area (Å²) in [6.45, 7) is 8.40. The summed E-state index contributed by atoms with van der Waals surface area (Å²) in [5, 5.41) is 3.00. The van der Waals surface area contributed by atoms with Crippen LogP contribution in [0.4, 0.5) is 0 Å². The van der Waals surface area contributed by atoms with Crippen molar-refractivity contribution in [1.82, 2.24) is 10.2 Å². The standard InChI is InChI=1S/C24H32N2O2S/c1-5-19(3)25-24(28)20(4)26(16-15-21-9-7-6-8-10-21)23(27)17-29-22-13-11-18(2)12-14-22/h6-14,19-20H,5,15-17H2,1-4H3,(H,25,28)/t19-,20+/m0/s1. The molecule has 0 aliphatic carbocycles. The van der Waals surface area contributed by atoms with Gasteiger partial charge in [0.05, 0.1) is 5.75 Å². The molecule has 0 saturated heterocycles. The maximum Gasteiger partial charge on any atom is 0.242 e. The predicted octanol–water partition coefficient (Wildman–Crippen LogP) is 4.46. The second kappa shape index (κ2) is 11.7. The Labute approximate surface area is 179 Å². The van der Waals surface area contributed by atoms with Gasteiger partial charge in [-0.2, -0.15) is 0 Å². The average Bonchev–Trinajstić information content (AvgIpc) is 2.73. The van der Waals surface area contributed by atoms with Crippen molar-refractivity contribution >= 4 is 23.6 Å². The summed E-state index contributed by atoms with van der Waals surface area (Å²) >= 11 is 1.51. The van der Waals surface area contributed by atoms with E-state index in [0.29, 0.717) is 12.3 Å². The Balaban J connectivity index is 2.05. The molecule has 0 unspecified atom stereocenters. The number of hydrogen-bond donors (Lipinski definition) is 1. The summed E-state index contributed by atoms with van der Waals surface area (Å²) in [5.74, 6) is 0.207. The van der Waals surface area contributed by atoms with Crippen molar-refractivity contribution in [3.05, 3.63) is 65.7 Å². The van der Waals surface area contributed by atoms with E-state index in [9.17, 15) is 9.59 Å². The van der Waals surface area contributed by atoms with E-state index >= 15 is 0 Å². The van der Waals surface area contributed by atoms with Gasteiger partial charge in [-0.25, -0.2) is 0 Å². The largest absolute Gasteiger partial charge is 0.352 e. The van der Waals surface area contributed by atoms with Gasteiger partial charge in [-0.05, 0) is 51.3 Å². The molecule has 5 heteroatoms. The Morgan fingerprint density at radius 3 is 2.31 bits per heavy atom. The van der Waals surface area contributed by atoms with Gasteiger partial charge < -0.3 is 10.2 Å². The Kier molecular flexibility index (Phi) is 9.26. The lowest BCUT2D eigenvalue weighted by Crippen LogP contribution is -2.51. The number of aryl methyl sites for hydroxylation is 1. The molecular formula is C24H32N2O2S. The molecule has 0 fully saturated rings. The zero-order valence-electron chi connectivity index (χ0n) is 17.9. The van der Waals surface area contributed by atoms with Crippen molar-refractivity contribution in [2.75, 3.05) is 12.3 Å². The highest BCUT2D eigenvalue weighted by Crippen LogP contribution is 2.19. The topological polar surface area (TPSA) is 49.4 Å². The van der Waals surface area contributed by atoms with Crippen molar-refractivity contribution in [2.45, 2.75) is 57.5 Å². The number of hydrogen-bond acceptors (Lipinski definition) is 3. The lowest BCUT2D eigenvalue weighted by atomic mass is 10.1. The second-order valence-corrected chi connectivity index (χ2v) is 8.47. The minimum absolute atomic E-state index is 0.0155. The summed E-state index contributed by atoms with van der Waals surface area (Å²) in [6.07, 6.45) is 1.59. The monoisotopic (exact) mass is 412 g/mol. The van der Waals surface area contributed by atoms with Crippen LogP contribution in [0.2, 0.25) is 0 Å². The number of amides is 2. The van der Waals surface area contributed by atoms with E-state index in [1.165, 1.54) is 17.3 Å². The zero-order valence-corrected chi connectivity index (χ0v) is 18.7. The Morgan fingerprint density at radius 1 is 1.03 bits per heavy atom. The van der Waals surface area contributed by atoms with Crippen molar-refractivity contribution < 1.29 is 9.59 Å². The molecule has 0 bridgehead atoms. The quantitative estimate of drug-likeness (QED) is 0.586. The number of nitrogens with one attached hydrogen (secondary N) is 1. The fourth-order valence-corrected chi connectivity index (χ4v) is 3.68. The second-order valence-electron chi connectivity index (χ2n) is 7.42. The number of rotatable bonds is 10. The third-order valence-electron chi connectivity index (χ3n) is 5.04. The van der Waals surface area contributed by atoms with Crippen LogP contribution >= 0.6 is 11.8 Å². The smallest absolute Gasteiger partial charge is 0.242 e. The number of thioether (sulfide) groups is 1. The molecule has 0 aliphatic rings. The first kappa shape index (κ1) is 23.0. The number of carbonyl (C=O) groups excluding carboxylic acids is 2. The van der Waals surface area contributed by atoms with Crippen LogP contribution in [0.15, 0.2) is 59.5 Å². The first-order chi connectivity index (χ1) is 13.9. The highest BCUT2D eigenvalue weighted by molar-refractivity contribution is 8.00. The third kappa shape index (κ3) is 7.58. The molecule has 156 valence electrons. The molecule has 0 aromatic heterocycles. The summed E-state index contributed by atoms with van der Waals surface area (Å²) in [7, 11) is 0. The molecule has 2 amide bonds. The van der Waals surface area contributed by atoms with E-state index in [1.54, 1.807) is 4.90 Å². The van der Waals surface area contributed by atoms with Crippen LogP contribution in [-0.4, -0.2) is 41.1 Å². The maximum atomic E-state index is 13.0. The molecule has 0 spiro atoms. The van der Waals surface area contributed by atoms with E-state index in [4.69, 9.17) is 0 Å². The zero-order chi connectivity index (χ0) is 21.2. The van der Waals surface area contributed by atoms with Crippen LogP contribution in [-0.2, 0) is 16.0 Å². The van der Waals surface area contributed by atoms with Crippen molar-refractivity contribution in [2.24, 2.45) is 0 Å². The fourth-order valence-electron chi connectivity index (χ4n) is 2.90. The number of carbonyl (C=O) groups is 2. The summed E-state index contributed by atoms with van der Waals surface area (Å²) in [5.41, 5.74) is 2.35. The van der Waals surface area contributed by atoms with E-state index < -0.39 is 6.04 Å². The van der Waals surface area contributed by atoms with Gasteiger partial charge in [0.15, 0.2) is 0 Å². The molecular weight excluding hydrogens is 380 g/mol. The van der Waals surface area contributed by atoms with Crippen LogP contribution in [0.5, 0.6) is 0 Å². The van der Waals surface area contributed by atoms with Crippen LogP contribution in [0.25, 0.3) is 0 Å². The van der Waals surface area contributed by atoms with E-state index in [0.717, 1.165) is 23.3 Å². The van der Waals surface area contributed by atoms with Crippen molar-refractivity contribution in [3.63, 3.8) is 0 Å². The highest BCUT2D eigenvalue weighted by Gasteiger charge is 2.26. The average molecular weight is 413 g/mol. The fraction of sp³-hybridized carbons (Fsp3) is 0.417. The van der Waals surface area contributed by atoms with Gasteiger partial charge in [-0.1, -0.05) is 55.0 Å². The van der Waals surface area contributed by atoms with Crippen LogP contribution in [0, 0.1) is 6.92 Å². The van der Waals surface area contributed by atoms with E-state index in [2.05, 4.69) is 5.32 Å². The number of nitrogens with zero attached hydrogens (tertiary/aromatic N) is 1. The summed E-state index contributed by atoms with van der Waals surface area (Å²) in [4.78, 5) is 28.5. The van der Waals surface area contributed by atoms with Gasteiger partial charge >= 0.3 is 0 Å². The third-order valence-corrected chi connectivity index (χ3v) is 6.03. The van der Waals surface area contributed by atoms with Crippen molar-refractivity contribution in [3.8, 4) is 0 Å². The normalized spacial score (nSPS) is 12.8. The molecule has 0 saturated carbocycles. The lowest BCUT2D eigenvalue weighted by molar-refractivity contribution is -0.138. The first-order valence-corrected chi connectivity index (χ1v) is 11.2. The highest BCUT2D eigenvalue weighted by atomic mass is 32.2. The number of benzene rings is 2. The Hall–Kier alpha value is -2.27. The SMILES string of the molecule is CC[C@H](C)NC(=O)[C@@H](C)N(CCc1ccccc1)C(=O)CSc1ccc(C)cc1. The van der Waals surface area contributed by atoms with Gasteiger partial charge in [0.1, 0.15) is 6.04 Å². The van der Waals surface area contributed by atoms with Gasteiger partial charge in [0.25, 0.3) is 0 Å². The molecule has 4 nitrogen and oxygen atoms in total. The molecule has 2 aromatic rings. The van der Waals surface area contributed by atoms with Crippen LogP contribution in [0.1, 0.15) is 38.3 Å². The molecule has 0 aliphatic heterocycles. The lowest BCUT2D eigenvalue weighted by Gasteiger charge is -2.29. The molecule has 0 radical (unpaired) electrons. The maximum absolute atomic E-state index is 13.0. The van der Waals surface area contributed by atoms with Gasteiger partial charge in [-0.15, -0.1) is 11.8 Å². The molecule has 2 aromatic carbocycles. The van der Waals surface area contributed by atoms with Gasteiger partial charge in [-0.3, -0.25) is 9.59 Å². The molecule has 1 N–H and O–H groups in total. The Morgan fingerprint density at radius 2 is 1.69 bits per heavy atom. The van der Waals surface area contributed by atoms with E-state index in [-0.39, 0.29) is 17.9 Å². The molecule has 2 atom stereocenters. The van der Waals surface area contributed by atoms with Crippen LogP contribution in [0.3, 0.4) is 0 Å². The van der Waals surface area contributed by atoms with Gasteiger partial charge in [0.2, 0.25) is 11.8 Å². The van der Waals surface area contributed by atoms with E-state index in [1.807, 2.05) is 82.3 Å². The summed E-state index contributed by atoms with van der Waals surface area (Å²) in [6, 6.07) is 17.8. The van der Waals surface area contributed by atoms with Gasteiger partial charge in [0, 0.05) is 17.5 Å². The minimum atomic E-state index is -0.501. The Bertz CT molecular complexity index is 777. The first-order valence-electron chi connectivity index (χ1n) is 10.2. The minimum Gasteiger partial charge on any atom is -0.352 e. The van der Waals surface area contributed by atoms with Crippen molar-refractivity contribution in [1.29, 1.82) is 0 Å².